The van der Waals surface area contributed by atoms with Crippen molar-refractivity contribution in [3.05, 3.63) is 57.7 Å². The van der Waals surface area contributed by atoms with Crippen LogP contribution in [0.25, 0.3) is 0 Å². The number of nitrogens with zero attached hydrogens (tertiary/aromatic N) is 3. The first-order valence-electron chi connectivity index (χ1n) is 13.0. The SMILES string of the molecule is Cc1nc(N)ccc1CNC(=O)[C@@H]1CCN1C(=O)[C@H]1C[C@H](Cc2ccc(Br)cc2)CN1C(=O)OC(C)(C)C. The minimum Gasteiger partial charge on any atom is -0.444 e. The van der Waals surface area contributed by atoms with Gasteiger partial charge in [-0.15, -0.1) is 0 Å². The lowest BCUT2D eigenvalue weighted by atomic mass is 9.95. The molecule has 1 aromatic heterocycles. The van der Waals surface area contributed by atoms with E-state index in [1.54, 1.807) is 15.9 Å². The molecule has 1 aromatic carbocycles. The van der Waals surface area contributed by atoms with Crippen molar-refractivity contribution in [2.24, 2.45) is 5.92 Å². The Morgan fingerprint density at radius 3 is 2.42 bits per heavy atom. The third-order valence-electron chi connectivity index (χ3n) is 7.01. The van der Waals surface area contributed by atoms with E-state index in [0.29, 0.717) is 38.3 Å². The molecule has 2 aliphatic rings. The van der Waals surface area contributed by atoms with Gasteiger partial charge in [0, 0.05) is 29.8 Å². The van der Waals surface area contributed by atoms with Crippen LogP contribution in [0.1, 0.15) is 50.4 Å². The number of carbonyl (C=O) groups excluding carboxylic acids is 3. The number of anilines is 1. The van der Waals surface area contributed by atoms with Gasteiger partial charge >= 0.3 is 6.09 Å². The standard InChI is InChI=1S/C28H36BrN5O4/c1-17-20(7-10-24(30)32-17)15-31-25(35)22-11-12-33(22)26(36)23-14-19(13-18-5-8-21(29)9-6-18)16-34(23)27(37)38-28(2,3)4/h5-10,19,22-23H,11-16H2,1-4H3,(H2,30,32)(H,31,35)/t19-,22-,23+/m0/s1. The number of rotatable bonds is 6. The van der Waals surface area contributed by atoms with Gasteiger partial charge in [0.1, 0.15) is 23.5 Å². The summed E-state index contributed by atoms with van der Waals surface area (Å²) in [6, 6.07) is 10.4. The fraction of sp³-hybridized carbons (Fsp3) is 0.500. The van der Waals surface area contributed by atoms with Crippen LogP contribution in [0.2, 0.25) is 0 Å². The van der Waals surface area contributed by atoms with Crippen LogP contribution >= 0.6 is 15.9 Å². The molecule has 0 spiro atoms. The number of benzene rings is 1. The Labute approximate surface area is 232 Å². The van der Waals surface area contributed by atoms with Crippen LogP contribution in [0, 0.1) is 12.8 Å². The molecular weight excluding hydrogens is 550 g/mol. The van der Waals surface area contributed by atoms with E-state index in [4.69, 9.17) is 10.5 Å². The molecule has 3 heterocycles. The summed E-state index contributed by atoms with van der Waals surface area (Å²) in [6.07, 6.45) is 1.35. The van der Waals surface area contributed by atoms with Crippen molar-refractivity contribution >= 4 is 39.7 Å². The Morgan fingerprint density at radius 1 is 1.11 bits per heavy atom. The molecule has 0 bridgehead atoms. The molecule has 0 saturated carbocycles. The van der Waals surface area contributed by atoms with Gasteiger partial charge in [0.25, 0.3) is 0 Å². The molecule has 2 fully saturated rings. The second kappa shape index (κ2) is 11.3. The summed E-state index contributed by atoms with van der Waals surface area (Å²) in [4.78, 5) is 47.2. The van der Waals surface area contributed by atoms with Crippen molar-refractivity contribution in [1.29, 1.82) is 0 Å². The number of likely N-dealkylation sites (tertiary alicyclic amines) is 2. The summed E-state index contributed by atoms with van der Waals surface area (Å²) >= 11 is 3.46. The molecule has 3 N–H and O–H groups in total. The Morgan fingerprint density at radius 2 is 1.82 bits per heavy atom. The number of hydrogen-bond donors (Lipinski definition) is 2. The van der Waals surface area contributed by atoms with Gasteiger partial charge in [0.05, 0.1) is 0 Å². The summed E-state index contributed by atoms with van der Waals surface area (Å²) in [7, 11) is 0. The van der Waals surface area contributed by atoms with E-state index in [2.05, 4.69) is 26.2 Å². The normalized spacial score (nSPS) is 21.1. The highest BCUT2D eigenvalue weighted by atomic mass is 79.9. The van der Waals surface area contributed by atoms with Crippen LogP contribution in [0.4, 0.5) is 10.6 Å². The van der Waals surface area contributed by atoms with E-state index in [1.165, 1.54) is 0 Å². The van der Waals surface area contributed by atoms with Crippen molar-refractivity contribution in [2.75, 3.05) is 18.8 Å². The summed E-state index contributed by atoms with van der Waals surface area (Å²) < 4.78 is 6.65. The van der Waals surface area contributed by atoms with Crippen LogP contribution in [0.15, 0.2) is 40.9 Å². The first-order valence-corrected chi connectivity index (χ1v) is 13.7. The first kappa shape index (κ1) is 27.9. The molecule has 10 heteroatoms. The van der Waals surface area contributed by atoms with Gasteiger partial charge in [-0.2, -0.15) is 0 Å². The lowest BCUT2D eigenvalue weighted by Gasteiger charge is -2.42. The molecule has 0 aliphatic carbocycles. The van der Waals surface area contributed by atoms with Crippen molar-refractivity contribution in [1.82, 2.24) is 20.1 Å². The smallest absolute Gasteiger partial charge is 0.410 e. The Hall–Kier alpha value is -3.14. The van der Waals surface area contributed by atoms with Crippen LogP contribution in [0.3, 0.4) is 0 Å². The number of amides is 3. The van der Waals surface area contributed by atoms with Crippen LogP contribution in [0.5, 0.6) is 0 Å². The maximum Gasteiger partial charge on any atom is 0.410 e. The minimum atomic E-state index is -0.678. The molecule has 0 unspecified atom stereocenters. The zero-order chi connectivity index (χ0) is 27.6. The summed E-state index contributed by atoms with van der Waals surface area (Å²) in [6.45, 7) is 8.48. The number of pyridine rings is 1. The molecule has 3 atom stereocenters. The summed E-state index contributed by atoms with van der Waals surface area (Å²) in [5, 5.41) is 2.92. The molecule has 9 nitrogen and oxygen atoms in total. The Kier molecular flexibility index (Phi) is 8.30. The molecule has 2 aliphatic heterocycles. The number of carbonyl (C=O) groups is 3. The topological polar surface area (TPSA) is 118 Å². The second-order valence-electron chi connectivity index (χ2n) is 11.1. The van der Waals surface area contributed by atoms with Crippen molar-refractivity contribution in [3.8, 4) is 0 Å². The molecule has 2 saturated heterocycles. The van der Waals surface area contributed by atoms with Gasteiger partial charge in [-0.3, -0.25) is 14.5 Å². The summed E-state index contributed by atoms with van der Waals surface area (Å²) in [5.41, 5.74) is 7.80. The predicted octanol–water partition coefficient (Wildman–Crippen LogP) is 3.82. The lowest BCUT2D eigenvalue weighted by Crippen LogP contribution is -2.62. The van der Waals surface area contributed by atoms with Crippen molar-refractivity contribution in [3.63, 3.8) is 0 Å². The minimum absolute atomic E-state index is 0.104. The van der Waals surface area contributed by atoms with Gasteiger partial charge in [0.2, 0.25) is 11.8 Å². The molecule has 2 aromatic rings. The van der Waals surface area contributed by atoms with E-state index >= 15 is 0 Å². The van der Waals surface area contributed by atoms with Crippen LogP contribution in [-0.4, -0.2) is 63.5 Å². The fourth-order valence-electron chi connectivity index (χ4n) is 4.99. The fourth-order valence-corrected chi connectivity index (χ4v) is 5.26. The maximum absolute atomic E-state index is 13.7. The van der Waals surface area contributed by atoms with Gasteiger partial charge in [-0.1, -0.05) is 34.1 Å². The maximum atomic E-state index is 13.7. The number of nitrogens with one attached hydrogen (secondary N) is 1. The molecule has 0 radical (unpaired) electrons. The number of nitrogens with two attached hydrogens (primary N) is 1. The van der Waals surface area contributed by atoms with Crippen molar-refractivity contribution in [2.45, 2.75) is 71.2 Å². The van der Waals surface area contributed by atoms with Crippen LogP contribution < -0.4 is 11.1 Å². The number of ether oxygens (including phenoxy) is 1. The summed E-state index contributed by atoms with van der Waals surface area (Å²) in [5.74, 6) is 0.116. The number of halogens is 1. The lowest BCUT2D eigenvalue weighted by molar-refractivity contribution is -0.150. The quantitative estimate of drug-likeness (QED) is 0.532. The van der Waals surface area contributed by atoms with E-state index in [0.717, 1.165) is 27.7 Å². The monoisotopic (exact) mass is 585 g/mol. The zero-order valence-electron chi connectivity index (χ0n) is 22.4. The molecule has 4 rings (SSSR count). The third-order valence-corrected chi connectivity index (χ3v) is 7.54. The second-order valence-corrected chi connectivity index (χ2v) is 12.0. The van der Waals surface area contributed by atoms with E-state index in [1.807, 2.05) is 58.0 Å². The largest absolute Gasteiger partial charge is 0.444 e. The Balaban J connectivity index is 1.44. The predicted molar refractivity (Wildman–Crippen MR) is 148 cm³/mol. The molecule has 204 valence electrons. The average Bonchev–Trinajstić information content (AvgIpc) is 3.22. The molecular formula is C28H36BrN5O4. The Bertz CT molecular complexity index is 1200. The number of nitrogen functional groups attached to an aromatic ring is 1. The number of hydrogen-bond acceptors (Lipinski definition) is 6. The van der Waals surface area contributed by atoms with Gasteiger partial charge in [-0.25, -0.2) is 9.78 Å². The van der Waals surface area contributed by atoms with Crippen LogP contribution in [-0.2, 0) is 27.3 Å². The molecule has 38 heavy (non-hydrogen) atoms. The van der Waals surface area contributed by atoms with E-state index < -0.39 is 23.8 Å². The number of aryl methyl sites for hydroxylation is 1. The van der Waals surface area contributed by atoms with E-state index in [9.17, 15) is 14.4 Å². The first-order chi connectivity index (χ1) is 17.9. The van der Waals surface area contributed by atoms with Gasteiger partial charge in [-0.05, 0) is 82.2 Å². The average molecular weight is 587 g/mol. The third kappa shape index (κ3) is 6.64. The highest BCUT2D eigenvalue weighted by Crippen LogP contribution is 2.32. The van der Waals surface area contributed by atoms with Gasteiger partial charge < -0.3 is 20.7 Å². The number of aromatic nitrogens is 1. The van der Waals surface area contributed by atoms with Crippen molar-refractivity contribution < 1.29 is 19.1 Å². The zero-order valence-corrected chi connectivity index (χ0v) is 24.0. The highest BCUT2D eigenvalue weighted by Gasteiger charge is 2.47. The van der Waals surface area contributed by atoms with Gasteiger partial charge in [0.15, 0.2) is 0 Å². The van der Waals surface area contributed by atoms with E-state index in [-0.39, 0.29) is 17.7 Å². The highest BCUT2D eigenvalue weighted by molar-refractivity contribution is 9.10. The molecule has 3 amide bonds.